The summed E-state index contributed by atoms with van der Waals surface area (Å²) in [6, 6.07) is -0.146. The van der Waals surface area contributed by atoms with Crippen LogP contribution in [-0.4, -0.2) is 48.3 Å². The Hall–Kier alpha value is -0.610. The van der Waals surface area contributed by atoms with E-state index < -0.39 is 0 Å². The highest BCUT2D eigenvalue weighted by Crippen LogP contribution is 2.30. The first kappa shape index (κ1) is 16.4. The maximum atomic E-state index is 12.0. The maximum absolute atomic E-state index is 12.0. The second-order valence-corrected chi connectivity index (χ2v) is 6.71. The SMILES string of the molecule is CCCCC(C(=O)OC)N1CC(C)(C)OC(C)(C)C1. The zero-order valence-electron chi connectivity index (χ0n) is 13.3. The third-order valence-corrected chi connectivity index (χ3v) is 3.47. The molecule has 1 fully saturated rings. The topological polar surface area (TPSA) is 38.8 Å². The summed E-state index contributed by atoms with van der Waals surface area (Å²) in [5, 5.41) is 0. The minimum Gasteiger partial charge on any atom is -0.468 e. The Morgan fingerprint density at radius 1 is 1.26 bits per heavy atom. The summed E-state index contributed by atoms with van der Waals surface area (Å²) in [5.41, 5.74) is -0.472. The number of rotatable bonds is 5. The number of esters is 1. The smallest absolute Gasteiger partial charge is 0.323 e. The van der Waals surface area contributed by atoms with Gasteiger partial charge in [0.1, 0.15) is 6.04 Å². The fraction of sp³-hybridized carbons (Fsp3) is 0.933. The summed E-state index contributed by atoms with van der Waals surface area (Å²) in [4.78, 5) is 14.3. The average Bonchev–Trinajstić information content (AvgIpc) is 2.25. The summed E-state index contributed by atoms with van der Waals surface area (Å²) < 4.78 is 11.0. The fourth-order valence-corrected chi connectivity index (χ4v) is 3.05. The van der Waals surface area contributed by atoms with Crippen LogP contribution < -0.4 is 0 Å². The first-order chi connectivity index (χ1) is 8.71. The molecule has 1 saturated heterocycles. The van der Waals surface area contributed by atoms with E-state index in [2.05, 4.69) is 39.5 Å². The fourth-order valence-electron chi connectivity index (χ4n) is 3.05. The lowest BCUT2D eigenvalue weighted by atomic mass is 9.96. The number of methoxy groups -OCH3 is 1. The zero-order chi connectivity index (χ0) is 14.7. The normalized spacial score (nSPS) is 23.9. The maximum Gasteiger partial charge on any atom is 0.323 e. The Balaban J connectivity index is 2.85. The molecule has 1 heterocycles. The summed E-state index contributed by atoms with van der Waals surface area (Å²) >= 11 is 0. The molecule has 1 aliphatic rings. The van der Waals surface area contributed by atoms with Gasteiger partial charge in [-0.05, 0) is 34.1 Å². The van der Waals surface area contributed by atoms with Gasteiger partial charge in [0.15, 0.2) is 0 Å². The van der Waals surface area contributed by atoms with E-state index in [1.54, 1.807) is 0 Å². The Bertz CT molecular complexity index is 297. The van der Waals surface area contributed by atoms with Crippen molar-refractivity contribution in [1.82, 2.24) is 4.90 Å². The molecule has 4 heteroatoms. The minimum absolute atomic E-state index is 0.123. The summed E-state index contributed by atoms with van der Waals surface area (Å²) in [5.74, 6) is -0.123. The number of ether oxygens (including phenoxy) is 2. The molecule has 1 rings (SSSR count). The number of hydrogen-bond acceptors (Lipinski definition) is 4. The predicted molar refractivity (Wildman–Crippen MR) is 76.1 cm³/mol. The van der Waals surface area contributed by atoms with Gasteiger partial charge in [0.05, 0.1) is 18.3 Å². The van der Waals surface area contributed by atoms with Crippen LogP contribution in [0.3, 0.4) is 0 Å². The number of hydrogen-bond donors (Lipinski definition) is 0. The standard InChI is InChI=1S/C15H29NO3/c1-7-8-9-12(13(17)18-6)16-10-14(2,3)19-15(4,5)11-16/h12H,7-11H2,1-6H3. The van der Waals surface area contributed by atoms with Crippen LogP contribution in [0.1, 0.15) is 53.9 Å². The second kappa shape index (κ2) is 6.23. The van der Waals surface area contributed by atoms with E-state index in [1.165, 1.54) is 7.11 Å². The Morgan fingerprint density at radius 3 is 2.21 bits per heavy atom. The van der Waals surface area contributed by atoms with Gasteiger partial charge in [-0.1, -0.05) is 19.8 Å². The van der Waals surface area contributed by atoms with Crippen LogP contribution in [0.25, 0.3) is 0 Å². The van der Waals surface area contributed by atoms with Crippen molar-refractivity contribution in [3.8, 4) is 0 Å². The quantitative estimate of drug-likeness (QED) is 0.721. The van der Waals surface area contributed by atoms with E-state index in [1.807, 2.05) is 0 Å². The highest BCUT2D eigenvalue weighted by molar-refractivity contribution is 5.75. The van der Waals surface area contributed by atoms with Crippen molar-refractivity contribution in [1.29, 1.82) is 0 Å². The second-order valence-electron chi connectivity index (χ2n) is 6.71. The molecule has 1 aliphatic heterocycles. The molecule has 0 aliphatic carbocycles. The van der Waals surface area contributed by atoms with Crippen LogP contribution in [0.15, 0.2) is 0 Å². The molecule has 0 amide bonds. The zero-order valence-corrected chi connectivity index (χ0v) is 13.3. The Kier molecular flexibility index (Phi) is 5.39. The molecule has 0 spiro atoms. The van der Waals surface area contributed by atoms with E-state index >= 15 is 0 Å². The number of carbonyl (C=O) groups excluding carboxylic acids is 1. The molecule has 0 aromatic rings. The van der Waals surface area contributed by atoms with Crippen molar-refractivity contribution in [2.75, 3.05) is 20.2 Å². The van der Waals surface area contributed by atoms with Crippen molar-refractivity contribution in [3.63, 3.8) is 0 Å². The number of carbonyl (C=O) groups is 1. The van der Waals surface area contributed by atoms with Crippen molar-refractivity contribution in [2.24, 2.45) is 0 Å². The highest BCUT2D eigenvalue weighted by Gasteiger charge is 2.42. The van der Waals surface area contributed by atoms with Crippen molar-refractivity contribution >= 4 is 5.97 Å². The molecule has 0 aromatic heterocycles. The van der Waals surface area contributed by atoms with Gasteiger partial charge in [-0.3, -0.25) is 9.69 Å². The first-order valence-corrected chi connectivity index (χ1v) is 7.23. The molecule has 0 bridgehead atoms. The van der Waals surface area contributed by atoms with Gasteiger partial charge < -0.3 is 9.47 Å². The molecule has 19 heavy (non-hydrogen) atoms. The summed E-state index contributed by atoms with van der Waals surface area (Å²) in [6.45, 7) is 12.0. The molecular formula is C15H29NO3. The van der Waals surface area contributed by atoms with Gasteiger partial charge in [-0.2, -0.15) is 0 Å². The minimum atomic E-state index is -0.236. The van der Waals surface area contributed by atoms with Crippen molar-refractivity contribution < 1.29 is 14.3 Å². The van der Waals surface area contributed by atoms with Gasteiger partial charge in [0, 0.05) is 13.1 Å². The van der Waals surface area contributed by atoms with E-state index in [9.17, 15) is 4.79 Å². The van der Waals surface area contributed by atoms with Crippen molar-refractivity contribution in [2.45, 2.75) is 71.1 Å². The average molecular weight is 271 g/mol. The van der Waals surface area contributed by atoms with Crippen LogP contribution in [0.5, 0.6) is 0 Å². The van der Waals surface area contributed by atoms with E-state index in [0.29, 0.717) is 0 Å². The van der Waals surface area contributed by atoms with Gasteiger partial charge in [0.2, 0.25) is 0 Å². The van der Waals surface area contributed by atoms with E-state index in [-0.39, 0.29) is 23.2 Å². The third-order valence-electron chi connectivity index (χ3n) is 3.47. The lowest BCUT2D eigenvalue weighted by molar-refractivity contribution is -0.193. The number of morpholine rings is 1. The molecule has 0 radical (unpaired) electrons. The lowest BCUT2D eigenvalue weighted by Crippen LogP contribution is -2.61. The molecule has 0 saturated carbocycles. The number of nitrogens with zero attached hydrogens (tertiary/aromatic N) is 1. The molecular weight excluding hydrogens is 242 g/mol. The van der Waals surface area contributed by atoms with Gasteiger partial charge in [-0.15, -0.1) is 0 Å². The summed E-state index contributed by atoms with van der Waals surface area (Å²) in [6.07, 6.45) is 2.98. The molecule has 112 valence electrons. The van der Waals surface area contributed by atoms with Gasteiger partial charge in [-0.25, -0.2) is 0 Å². The van der Waals surface area contributed by atoms with E-state index in [4.69, 9.17) is 9.47 Å². The molecule has 0 N–H and O–H groups in total. The largest absolute Gasteiger partial charge is 0.468 e. The monoisotopic (exact) mass is 271 g/mol. The van der Waals surface area contributed by atoms with Gasteiger partial charge >= 0.3 is 5.97 Å². The third kappa shape index (κ3) is 4.77. The molecule has 0 aromatic carbocycles. The van der Waals surface area contributed by atoms with E-state index in [0.717, 1.165) is 32.4 Å². The number of unbranched alkanes of at least 4 members (excludes halogenated alkanes) is 1. The molecule has 1 unspecified atom stereocenters. The Labute approximate surface area is 117 Å². The first-order valence-electron chi connectivity index (χ1n) is 7.23. The van der Waals surface area contributed by atoms with Gasteiger partial charge in [0.25, 0.3) is 0 Å². The van der Waals surface area contributed by atoms with Crippen LogP contribution >= 0.6 is 0 Å². The van der Waals surface area contributed by atoms with Crippen LogP contribution in [-0.2, 0) is 14.3 Å². The molecule has 1 atom stereocenters. The van der Waals surface area contributed by atoms with Crippen LogP contribution in [0.4, 0.5) is 0 Å². The molecule has 4 nitrogen and oxygen atoms in total. The lowest BCUT2D eigenvalue weighted by Gasteiger charge is -2.49. The Morgan fingerprint density at radius 2 is 1.79 bits per heavy atom. The summed E-state index contributed by atoms with van der Waals surface area (Å²) in [7, 11) is 1.47. The van der Waals surface area contributed by atoms with Crippen LogP contribution in [0.2, 0.25) is 0 Å². The van der Waals surface area contributed by atoms with Crippen LogP contribution in [0, 0.1) is 0 Å². The highest BCUT2D eigenvalue weighted by atomic mass is 16.5. The van der Waals surface area contributed by atoms with Crippen molar-refractivity contribution in [3.05, 3.63) is 0 Å². The predicted octanol–water partition coefficient (Wildman–Crippen LogP) is 2.61.